The van der Waals surface area contributed by atoms with Crippen molar-refractivity contribution in [3.05, 3.63) is 34.2 Å². The van der Waals surface area contributed by atoms with E-state index in [0.29, 0.717) is 25.1 Å². The van der Waals surface area contributed by atoms with E-state index in [1.54, 1.807) is 0 Å². The van der Waals surface area contributed by atoms with E-state index in [1.807, 2.05) is 0 Å². The molecular weight excluding hydrogens is 461 g/mol. The molecule has 2 saturated carbocycles. The Hall–Kier alpha value is -2.17. The number of carbonyl (C=O) groups is 2. The van der Waals surface area contributed by atoms with E-state index in [0.717, 1.165) is 36.2 Å². The topological polar surface area (TPSA) is 74.9 Å². The van der Waals surface area contributed by atoms with Gasteiger partial charge in [0, 0.05) is 12.6 Å². The van der Waals surface area contributed by atoms with E-state index in [4.69, 9.17) is 11.6 Å². The molecule has 2 amide bonds. The fraction of sp³-hybridized carbons (Fsp3) is 0.591. The number of carbonyl (C=O) groups excluding carboxylic acids is 2. The fourth-order valence-electron chi connectivity index (χ4n) is 6.03. The van der Waals surface area contributed by atoms with Gasteiger partial charge in [0.2, 0.25) is 0 Å². The monoisotopic (exact) mass is 483 g/mol. The Balaban J connectivity index is 1.31. The van der Waals surface area contributed by atoms with Crippen LogP contribution in [-0.2, 0) is 11.0 Å². The maximum atomic E-state index is 13.7. The van der Waals surface area contributed by atoms with Crippen LogP contribution in [0, 0.1) is 0 Å². The molecule has 2 aliphatic carbocycles. The second-order valence-electron chi connectivity index (χ2n) is 9.89. The number of amides is 2. The summed E-state index contributed by atoms with van der Waals surface area (Å²) in [5.74, 6) is -0.750. The number of alkyl halides is 3. The fourth-order valence-corrected chi connectivity index (χ4v) is 6.28. The Morgan fingerprint density at radius 3 is 2.67 bits per heavy atom. The van der Waals surface area contributed by atoms with Gasteiger partial charge in [0.05, 0.1) is 12.1 Å². The van der Waals surface area contributed by atoms with Gasteiger partial charge < -0.3 is 10.0 Å². The van der Waals surface area contributed by atoms with Crippen LogP contribution in [0.3, 0.4) is 0 Å². The van der Waals surface area contributed by atoms with Crippen LogP contribution in [0.4, 0.5) is 13.2 Å². The summed E-state index contributed by atoms with van der Waals surface area (Å²) in [5.41, 5.74) is -1.51. The van der Waals surface area contributed by atoms with Gasteiger partial charge in [-0.15, -0.1) is 0 Å². The molecule has 0 bridgehead atoms. The number of piperazine rings is 1. The van der Waals surface area contributed by atoms with Crippen LogP contribution in [0.15, 0.2) is 12.3 Å². The molecule has 0 radical (unpaired) electrons. The molecule has 4 aliphatic rings. The lowest BCUT2D eigenvalue weighted by Gasteiger charge is -2.33. The molecule has 4 fully saturated rings. The number of aromatic nitrogens is 2. The van der Waals surface area contributed by atoms with E-state index < -0.39 is 34.9 Å². The second kappa shape index (κ2) is 6.70. The Kier molecular flexibility index (Phi) is 4.34. The van der Waals surface area contributed by atoms with Crippen LogP contribution in [0.25, 0.3) is 5.65 Å². The molecule has 6 rings (SSSR count). The molecule has 0 aromatic carbocycles. The summed E-state index contributed by atoms with van der Waals surface area (Å²) in [7, 11) is 0. The van der Waals surface area contributed by atoms with Crippen molar-refractivity contribution in [2.45, 2.75) is 55.8 Å². The van der Waals surface area contributed by atoms with Gasteiger partial charge in [-0.25, -0.2) is 14.3 Å². The maximum absolute atomic E-state index is 13.7. The predicted octanol–water partition coefficient (Wildman–Crippen LogP) is 2.98. The maximum Gasteiger partial charge on any atom is 0.419 e. The average molecular weight is 484 g/mol. The lowest BCUT2D eigenvalue weighted by molar-refractivity contribution is -0.758. The number of hydrogen-bond donors (Lipinski definition) is 1. The molecule has 2 aliphatic heterocycles. The summed E-state index contributed by atoms with van der Waals surface area (Å²) in [6, 6.07) is 1.09. The van der Waals surface area contributed by atoms with Crippen molar-refractivity contribution in [3.63, 3.8) is 0 Å². The third-order valence-electron chi connectivity index (χ3n) is 8.08. The van der Waals surface area contributed by atoms with E-state index >= 15 is 0 Å². The number of quaternary nitrogens is 1. The number of nitrogens with zero attached hydrogens (tertiary/aromatic N) is 4. The first-order chi connectivity index (χ1) is 15.6. The molecule has 176 valence electrons. The van der Waals surface area contributed by atoms with Crippen LogP contribution in [0.1, 0.15) is 59.6 Å². The number of halogens is 4. The van der Waals surface area contributed by atoms with Crippen molar-refractivity contribution >= 4 is 29.1 Å². The van der Waals surface area contributed by atoms with Gasteiger partial charge in [0.1, 0.15) is 30.9 Å². The normalized spacial score (nSPS) is 31.8. The van der Waals surface area contributed by atoms with Gasteiger partial charge in [-0.3, -0.25) is 9.20 Å². The molecule has 2 aromatic heterocycles. The van der Waals surface area contributed by atoms with E-state index in [9.17, 15) is 27.9 Å². The van der Waals surface area contributed by atoms with E-state index in [1.165, 1.54) is 11.1 Å². The summed E-state index contributed by atoms with van der Waals surface area (Å²) < 4.78 is 42.6. The molecule has 3 atom stereocenters. The smallest absolute Gasteiger partial charge is 0.386 e. The minimum absolute atomic E-state index is 0.0543. The number of imidazole rings is 1. The first-order valence-corrected chi connectivity index (χ1v) is 11.6. The minimum Gasteiger partial charge on any atom is -0.386 e. The van der Waals surface area contributed by atoms with Crippen molar-refractivity contribution in [1.82, 2.24) is 14.3 Å². The molecule has 2 aromatic rings. The average Bonchev–Trinajstić information content (AvgIpc) is 3.64. The van der Waals surface area contributed by atoms with Gasteiger partial charge in [-0.1, -0.05) is 11.6 Å². The molecule has 2 spiro atoms. The zero-order chi connectivity index (χ0) is 23.3. The van der Waals surface area contributed by atoms with Gasteiger partial charge in [0.15, 0.2) is 16.9 Å². The van der Waals surface area contributed by atoms with Crippen LogP contribution >= 0.6 is 11.6 Å². The lowest BCUT2D eigenvalue weighted by Crippen LogP contribution is -2.58. The molecule has 33 heavy (non-hydrogen) atoms. The van der Waals surface area contributed by atoms with Crippen molar-refractivity contribution in [1.29, 1.82) is 0 Å². The van der Waals surface area contributed by atoms with Crippen molar-refractivity contribution in [2.75, 3.05) is 26.2 Å². The summed E-state index contributed by atoms with van der Waals surface area (Å²) in [6.45, 7) is 1.05. The molecular formula is C22H23ClF3N4O3+. The summed E-state index contributed by atoms with van der Waals surface area (Å²) in [6.07, 6.45) is 0.328. The highest BCUT2D eigenvalue weighted by atomic mass is 35.5. The van der Waals surface area contributed by atoms with E-state index in [-0.39, 0.29) is 40.2 Å². The number of aliphatic hydroxyl groups excluding tert-OH is 1. The van der Waals surface area contributed by atoms with Crippen molar-refractivity contribution in [3.8, 4) is 0 Å². The number of pyridine rings is 1. The van der Waals surface area contributed by atoms with Crippen molar-refractivity contribution in [2.24, 2.45) is 0 Å². The van der Waals surface area contributed by atoms with Gasteiger partial charge in [0.25, 0.3) is 5.91 Å². The number of rotatable bonds is 2. The van der Waals surface area contributed by atoms with Crippen LogP contribution in [0.2, 0.25) is 5.15 Å². The lowest BCUT2D eigenvalue weighted by atomic mass is 10.1. The first kappa shape index (κ1) is 21.4. The Morgan fingerprint density at radius 1 is 1.30 bits per heavy atom. The highest BCUT2D eigenvalue weighted by Gasteiger charge is 2.78. The van der Waals surface area contributed by atoms with Gasteiger partial charge in [-0.05, 0) is 43.2 Å². The molecule has 2 saturated heterocycles. The first-order valence-electron chi connectivity index (χ1n) is 11.2. The highest BCUT2D eigenvalue weighted by molar-refractivity contribution is 6.33. The number of hydrogen-bond acceptors (Lipinski definition) is 4. The molecule has 4 heterocycles. The van der Waals surface area contributed by atoms with Crippen LogP contribution < -0.4 is 0 Å². The zero-order valence-corrected chi connectivity index (χ0v) is 18.5. The zero-order valence-electron chi connectivity index (χ0n) is 17.7. The third kappa shape index (κ3) is 2.93. The van der Waals surface area contributed by atoms with Crippen molar-refractivity contribution < 1.29 is 32.3 Å². The number of fused-ring (bicyclic) bond motifs is 2. The molecule has 7 nitrogen and oxygen atoms in total. The summed E-state index contributed by atoms with van der Waals surface area (Å²) in [5, 5.41) is 10.2. The third-order valence-corrected chi connectivity index (χ3v) is 8.44. The van der Waals surface area contributed by atoms with Gasteiger partial charge >= 0.3 is 12.1 Å². The van der Waals surface area contributed by atoms with Gasteiger partial charge in [-0.2, -0.15) is 13.2 Å². The standard InChI is InChI=1S/C22H23ClF3N4O3/c23-18-17(27-19-14(22(24,25)26)8-13(9-29(18)19)12-3-4-12)20(33)28-6-7-30(16(32)10-28)11-21(30)5-1-2-15(21)31/h8-9,12,15,31H,1-7,10-11H2/q+1/t15-,21+,30?/m0/s1. The molecule has 11 heteroatoms. The second-order valence-corrected chi connectivity index (χ2v) is 10.2. The summed E-state index contributed by atoms with van der Waals surface area (Å²) >= 11 is 6.38. The quantitative estimate of drug-likeness (QED) is 0.526. The van der Waals surface area contributed by atoms with Crippen LogP contribution in [0.5, 0.6) is 0 Å². The Bertz CT molecular complexity index is 1210. The van der Waals surface area contributed by atoms with E-state index in [2.05, 4.69) is 4.98 Å². The molecule has 1 N–H and O–H groups in total. The minimum atomic E-state index is -4.64. The molecule has 1 unspecified atom stereocenters. The van der Waals surface area contributed by atoms with Crippen LogP contribution in [-0.4, -0.2) is 73.5 Å². The Labute approximate surface area is 192 Å². The Morgan fingerprint density at radius 2 is 2.06 bits per heavy atom. The predicted molar refractivity (Wildman–Crippen MR) is 111 cm³/mol. The SMILES string of the molecule is O=C(c1nc2c(C(F)(F)F)cc(C3CC3)cn2c1Cl)N1CC[N+]2(C[C@@]23CCC[C@@H]3O)C(=O)C1. The number of aliphatic hydroxyl groups is 1. The highest BCUT2D eigenvalue weighted by Crippen LogP contribution is 2.55. The summed E-state index contributed by atoms with van der Waals surface area (Å²) in [4.78, 5) is 31.6. The largest absolute Gasteiger partial charge is 0.419 e.